The van der Waals surface area contributed by atoms with E-state index in [1.54, 1.807) is 17.4 Å². The van der Waals surface area contributed by atoms with Crippen molar-refractivity contribution < 1.29 is 8.42 Å². The van der Waals surface area contributed by atoms with Crippen LogP contribution in [0.25, 0.3) is 0 Å². The van der Waals surface area contributed by atoms with Gasteiger partial charge in [-0.3, -0.25) is 0 Å². The summed E-state index contributed by atoms with van der Waals surface area (Å²) in [6.45, 7) is 1.84. The number of sulfonamides is 1. The van der Waals surface area contributed by atoms with Gasteiger partial charge in [0.2, 0.25) is 10.0 Å². The molecule has 1 aliphatic rings. The molecule has 118 valence electrons. The van der Waals surface area contributed by atoms with E-state index < -0.39 is 10.0 Å². The van der Waals surface area contributed by atoms with Crippen LogP contribution in [0.1, 0.15) is 31.2 Å². The molecule has 6 heteroatoms. The van der Waals surface area contributed by atoms with Crippen molar-refractivity contribution in [1.29, 1.82) is 0 Å². The molecule has 0 amide bonds. The largest absolute Gasteiger partial charge is 0.317 e. The molecule has 0 bridgehead atoms. The maximum Gasteiger partial charge on any atom is 0.243 e. The second kappa shape index (κ2) is 6.77. The van der Waals surface area contributed by atoms with Crippen molar-refractivity contribution in [1.82, 2.24) is 9.62 Å². The summed E-state index contributed by atoms with van der Waals surface area (Å²) < 4.78 is 28.0. The maximum absolute atomic E-state index is 12.8. The summed E-state index contributed by atoms with van der Waals surface area (Å²) >= 11 is 3.36. The molecule has 0 aliphatic heterocycles. The number of benzene rings is 1. The molecule has 0 saturated heterocycles. The highest BCUT2D eigenvalue weighted by Gasteiger charge is 2.31. The average molecular weight is 375 g/mol. The molecule has 0 radical (unpaired) electrons. The highest BCUT2D eigenvalue weighted by Crippen LogP contribution is 2.29. The van der Waals surface area contributed by atoms with E-state index in [-0.39, 0.29) is 6.04 Å². The first-order chi connectivity index (χ1) is 9.86. The van der Waals surface area contributed by atoms with Crippen LogP contribution in [-0.4, -0.2) is 38.9 Å². The molecule has 1 fully saturated rings. The van der Waals surface area contributed by atoms with Gasteiger partial charge in [-0.2, -0.15) is 4.31 Å². The number of halogens is 1. The van der Waals surface area contributed by atoms with Crippen molar-refractivity contribution in [2.75, 3.05) is 14.1 Å². The molecular weight excluding hydrogens is 352 g/mol. The number of hydrogen-bond acceptors (Lipinski definition) is 3. The Balaban J connectivity index is 2.21. The molecule has 0 spiro atoms. The Kier molecular flexibility index (Phi) is 5.46. The van der Waals surface area contributed by atoms with Crippen molar-refractivity contribution in [3.63, 3.8) is 0 Å². The first kappa shape index (κ1) is 16.9. The molecule has 0 unspecified atom stereocenters. The second-order valence-electron chi connectivity index (χ2n) is 5.73. The topological polar surface area (TPSA) is 49.4 Å². The quantitative estimate of drug-likeness (QED) is 0.881. The Morgan fingerprint density at radius 3 is 2.43 bits per heavy atom. The molecule has 1 aromatic rings. The van der Waals surface area contributed by atoms with Gasteiger partial charge >= 0.3 is 0 Å². The average Bonchev–Trinajstić information content (AvgIpc) is 2.49. The third kappa shape index (κ3) is 3.67. The molecule has 1 saturated carbocycles. The van der Waals surface area contributed by atoms with Gasteiger partial charge in [-0.25, -0.2) is 8.42 Å². The number of aryl methyl sites for hydroxylation is 1. The van der Waals surface area contributed by atoms with Crippen LogP contribution in [0.4, 0.5) is 0 Å². The van der Waals surface area contributed by atoms with Gasteiger partial charge in [0, 0.05) is 23.6 Å². The van der Waals surface area contributed by atoms with Gasteiger partial charge in [0.1, 0.15) is 0 Å². The number of nitrogens with zero attached hydrogens (tertiary/aromatic N) is 1. The van der Waals surface area contributed by atoms with E-state index in [1.165, 1.54) is 0 Å². The maximum atomic E-state index is 12.8. The van der Waals surface area contributed by atoms with Crippen molar-refractivity contribution in [2.24, 2.45) is 0 Å². The van der Waals surface area contributed by atoms with Crippen molar-refractivity contribution >= 4 is 26.0 Å². The molecule has 0 aromatic heterocycles. The second-order valence-corrected chi connectivity index (χ2v) is 8.61. The molecule has 1 N–H and O–H groups in total. The van der Waals surface area contributed by atoms with E-state index in [1.807, 2.05) is 26.1 Å². The number of nitrogens with one attached hydrogen (secondary N) is 1. The molecule has 21 heavy (non-hydrogen) atoms. The summed E-state index contributed by atoms with van der Waals surface area (Å²) in [5, 5.41) is 3.28. The van der Waals surface area contributed by atoms with Crippen molar-refractivity contribution in [3.8, 4) is 0 Å². The van der Waals surface area contributed by atoms with Gasteiger partial charge in [-0.15, -0.1) is 0 Å². The first-order valence-electron chi connectivity index (χ1n) is 7.27. The zero-order valence-electron chi connectivity index (χ0n) is 12.8. The molecule has 0 atom stereocenters. The standard InChI is InChI=1S/C15H23BrN2O2S/c1-11-4-5-12(16)10-15(11)21(19,20)18(3)14-8-6-13(17-2)7-9-14/h4-5,10,13-14,17H,6-9H2,1-3H3. The van der Waals surface area contributed by atoms with Gasteiger partial charge in [-0.05, 0) is 57.4 Å². The normalized spacial score (nSPS) is 23.5. The monoisotopic (exact) mass is 374 g/mol. The summed E-state index contributed by atoms with van der Waals surface area (Å²) in [6.07, 6.45) is 3.87. The molecule has 2 rings (SSSR count). The van der Waals surface area contributed by atoms with Crippen LogP contribution in [0, 0.1) is 6.92 Å². The Labute approximate surface area is 136 Å². The van der Waals surface area contributed by atoms with E-state index >= 15 is 0 Å². The fraction of sp³-hybridized carbons (Fsp3) is 0.600. The van der Waals surface area contributed by atoms with E-state index in [0.29, 0.717) is 10.9 Å². The van der Waals surface area contributed by atoms with Gasteiger partial charge in [0.25, 0.3) is 0 Å². The van der Waals surface area contributed by atoms with Gasteiger partial charge in [0.05, 0.1) is 4.90 Å². The van der Waals surface area contributed by atoms with Crippen LogP contribution < -0.4 is 5.32 Å². The van der Waals surface area contributed by atoms with Crippen LogP contribution in [-0.2, 0) is 10.0 Å². The highest BCUT2D eigenvalue weighted by molar-refractivity contribution is 9.10. The lowest BCUT2D eigenvalue weighted by Gasteiger charge is -2.34. The SMILES string of the molecule is CNC1CCC(N(C)S(=O)(=O)c2cc(Br)ccc2C)CC1. The molecular formula is C15H23BrN2O2S. The van der Waals surface area contributed by atoms with Crippen molar-refractivity contribution in [3.05, 3.63) is 28.2 Å². The third-order valence-corrected chi connectivity index (χ3v) is 6.97. The smallest absolute Gasteiger partial charge is 0.243 e. The van der Waals surface area contributed by atoms with Crippen LogP contribution in [0.5, 0.6) is 0 Å². The Morgan fingerprint density at radius 1 is 1.24 bits per heavy atom. The van der Waals surface area contributed by atoms with E-state index in [9.17, 15) is 8.42 Å². The fourth-order valence-electron chi connectivity index (χ4n) is 2.93. The van der Waals surface area contributed by atoms with E-state index in [0.717, 1.165) is 35.7 Å². The zero-order chi connectivity index (χ0) is 15.6. The Hall–Kier alpha value is -0.430. The summed E-state index contributed by atoms with van der Waals surface area (Å²) in [4.78, 5) is 0.398. The van der Waals surface area contributed by atoms with Crippen LogP contribution in [0.15, 0.2) is 27.6 Å². The van der Waals surface area contributed by atoms with Gasteiger partial charge in [0.15, 0.2) is 0 Å². The lowest BCUT2D eigenvalue weighted by atomic mass is 9.91. The Morgan fingerprint density at radius 2 is 1.86 bits per heavy atom. The van der Waals surface area contributed by atoms with E-state index in [2.05, 4.69) is 21.2 Å². The highest BCUT2D eigenvalue weighted by atomic mass is 79.9. The third-order valence-electron chi connectivity index (χ3n) is 4.43. The zero-order valence-corrected chi connectivity index (χ0v) is 15.2. The van der Waals surface area contributed by atoms with Crippen LogP contribution >= 0.6 is 15.9 Å². The predicted octanol–water partition coefficient (Wildman–Crippen LogP) is 2.91. The lowest BCUT2D eigenvalue weighted by molar-refractivity contribution is 0.255. The minimum Gasteiger partial charge on any atom is -0.317 e. The number of rotatable bonds is 4. The fourth-order valence-corrected chi connectivity index (χ4v) is 5.11. The summed E-state index contributed by atoms with van der Waals surface area (Å²) in [6, 6.07) is 6.01. The Bertz CT molecular complexity index is 596. The van der Waals surface area contributed by atoms with Gasteiger partial charge < -0.3 is 5.32 Å². The van der Waals surface area contributed by atoms with Crippen LogP contribution in [0.3, 0.4) is 0 Å². The van der Waals surface area contributed by atoms with Gasteiger partial charge in [-0.1, -0.05) is 22.0 Å². The summed E-state index contributed by atoms with van der Waals surface area (Å²) in [5.74, 6) is 0. The van der Waals surface area contributed by atoms with E-state index in [4.69, 9.17) is 0 Å². The molecule has 0 heterocycles. The first-order valence-corrected chi connectivity index (χ1v) is 9.51. The molecule has 4 nitrogen and oxygen atoms in total. The van der Waals surface area contributed by atoms with Crippen molar-refractivity contribution in [2.45, 2.75) is 49.6 Å². The minimum absolute atomic E-state index is 0.0954. The summed E-state index contributed by atoms with van der Waals surface area (Å²) in [7, 11) is 0.244. The minimum atomic E-state index is -3.43. The predicted molar refractivity (Wildman–Crippen MR) is 88.9 cm³/mol. The summed E-state index contributed by atoms with van der Waals surface area (Å²) in [5.41, 5.74) is 0.786. The molecule has 1 aromatic carbocycles. The van der Waals surface area contributed by atoms with Crippen LogP contribution in [0.2, 0.25) is 0 Å². The number of hydrogen-bond donors (Lipinski definition) is 1. The molecule has 1 aliphatic carbocycles. The lowest BCUT2D eigenvalue weighted by Crippen LogP contribution is -2.42.